The Balaban J connectivity index is 1.90. The predicted octanol–water partition coefficient (Wildman–Crippen LogP) is 6.52. The predicted molar refractivity (Wildman–Crippen MR) is 96.4 cm³/mol. The third-order valence-corrected chi connectivity index (χ3v) is 6.53. The van der Waals surface area contributed by atoms with Gasteiger partial charge < -0.3 is 0 Å². The van der Waals surface area contributed by atoms with E-state index in [-0.39, 0.29) is 0 Å². The molecule has 22 heavy (non-hydrogen) atoms. The zero-order valence-corrected chi connectivity index (χ0v) is 15.6. The third kappa shape index (κ3) is 2.74. The summed E-state index contributed by atoms with van der Waals surface area (Å²) in [5.41, 5.74) is 6.25. The molecule has 1 fully saturated rings. The molecule has 122 valence electrons. The lowest BCUT2D eigenvalue weighted by molar-refractivity contribution is 0.205. The van der Waals surface area contributed by atoms with Gasteiger partial charge in [0, 0.05) is 0 Å². The van der Waals surface area contributed by atoms with E-state index in [2.05, 4.69) is 59.7 Å². The quantitative estimate of drug-likeness (QED) is 0.595. The number of rotatable bonds is 3. The van der Waals surface area contributed by atoms with Gasteiger partial charge in [0.25, 0.3) is 0 Å². The first-order valence-corrected chi connectivity index (χ1v) is 9.26. The van der Waals surface area contributed by atoms with E-state index in [1.54, 1.807) is 16.7 Å². The molecule has 0 heteroatoms. The van der Waals surface area contributed by atoms with Crippen molar-refractivity contribution in [2.45, 2.75) is 86.0 Å². The van der Waals surface area contributed by atoms with E-state index in [4.69, 9.17) is 0 Å². The summed E-state index contributed by atoms with van der Waals surface area (Å²) in [5, 5.41) is 0. The Morgan fingerprint density at radius 3 is 2.18 bits per heavy atom. The largest absolute Gasteiger partial charge is 0.0602 e. The minimum absolute atomic E-state index is 0.413. The van der Waals surface area contributed by atoms with Gasteiger partial charge in [0.1, 0.15) is 0 Å². The summed E-state index contributed by atoms with van der Waals surface area (Å²) < 4.78 is 0. The Morgan fingerprint density at radius 1 is 1.05 bits per heavy atom. The monoisotopic (exact) mass is 298 g/mol. The highest BCUT2D eigenvalue weighted by Gasteiger charge is 2.64. The molecule has 2 unspecified atom stereocenters. The van der Waals surface area contributed by atoms with Crippen LogP contribution in [0, 0.1) is 16.2 Å². The van der Waals surface area contributed by atoms with Crippen molar-refractivity contribution in [3.63, 3.8) is 0 Å². The standard InChI is InChI=1S/C22H34/c1-16(22(14-20(2,3)4)15-21(22,5)6)18-12-11-17-9-7-8-10-19(17)13-18/h11-13,16H,7-10,14-15H2,1-6H3. The molecule has 1 aromatic carbocycles. The topological polar surface area (TPSA) is 0 Å². The smallest absolute Gasteiger partial charge is 0.0128 e. The van der Waals surface area contributed by atoms with Gasteiger partial charge in [-0.25, -0.2) is 0 Å². The Kier molecular flexibility index (Phi) is 3.74. The molecule has 0 heterocycles. The van der Waals surface area contributed by atoms with Gasteiger partial charge >= 0.3 is 0 Å². The molecule has 1 saturated carbocycles. The highest BCUT2D eigenvalue weighted by molar-refractivity contribution is 5.37. The second kappa shape index (κ2) is 5.11. The fraction of sp³-hybridized carbons (Fsp3) is 0.727. The zero-order chi connectivity index (χ0) is 16.2. The van der Waals surface area contributed by atoms with Crippen LogP contribution in [0.15, 0.2) is 18.2 Å². The summed E-state index contributed by atoms with van der Waals surface area (Å²) in [6, 6.07) is 7.42. The zero-order valence-electron chi connectivity index (χ0n) is 15.6. The van der Waals surface area contributed by atoms with Gasteiger partial charge in [0.05, 0.1) is 0 Å². The van der Waals surface area contributed by atoms with Crippen molar-refractivity contribution < 1.29 is 0 Å². The first kappa shape index (κ1) is 16.1. The lowest BCUT2D eigenvalue weighted by Gasteiger charge is -2.34. The van der Waals surface area contributed by atoms with Crippen LogP contribution in [0.1, 0.15) is 89.8 Å². The van der Waals surface area contributed by atoms with Crippen LogP contribution in [0.3, 0.4) is 0 Å². The van der Waals surface area contributed by atoms with E-state index in [0.29, 0.717) is 22.2 Å². The number of fused-ring (bicyclic) bond motifs is 1. The van der Waals surface area contributed by atoms with Crippen LogP contribution in [0.4, 0.5) is 0 Å². The minimum atomic E-state index is 0.413. The maximum atomic E-state index is 2.55. The average Bonchev–Trinajstić information content (AvgIpc) is 2.97. The van der Waals surface area contributed by atoms with E-state index >= 15 is 0 Å². The molecule has 3 rings (SSSR count). The molecule has 2 aliphatic rings. The van der Waals surface area contributed by atoms with Crippen molar-refractivity contribution in [1.82, 2.24) is 0 Å². The molecule has 2 atom stereocenters. The summed E-state index contributed by atoms with van der Waals surface area (Å²) in [4.78, 5) is 0. The number of hydrogen-bond acceptors (Lipinski definition) is 0. The molecular formula is C22H34. The van der Waals surface area contributed by atoms with Crippen LogP contribution in [0.2, 0.25) is 0 Å². The van der Waals surface area contributed by atoms with Crippen LogP contribution >= 0.6 is 0 Å². The third-order valence-electron chi connectivity index (χ3n) is 6.53. The van der Waals surface area contributed by atoms with Crippen LogP contribution in [-0.2, 0) is 12.8 Å². The number of benzene rings is 1. The van der Waals surface area contributed by atoms with Crippen LogP contribution in [0.5, 0.6) is 0 Å². The maximum absolute atomic E-state index is 2.55. The second-order valence-corrected chi connectivity index (χ2v) is 9.91. The molecule has 0 N–H and O–H groups in total. The molecule has 0 bridgehead atoms. The maximum Gasteiger partial charge on any atom is -0.0128 e. The summed E-state index contributed by atoms with van der Waals surface area (Å²) in [5.74, 6) is 0.675. The van der Waals surface area contributed by atoms with Crippen LogP contribution < -0.4 is 0 Å². The van der Waals surface area contributed by atoms with Crippen molar-refractivity contribution in [1.29, 1.82) is 0 Å². The van der Waals surface area contributed by atoms with Gasteiger partial charge in [0.2, 0.25) is 0 Å². The van der Waals surface area contributed by atoms with Crippen molar-refractivity contribution in [2.75, 3.05) is 0 Å². The SMILES string of the molecule is CC(c1ccc2c(c1)CCCC2)C1(CC(C)(C)C)CC1(C)C. The lowest BCUT2D eigenvalue weighted by Crippen LogP contribution is -2.24. The van der Waals surface area contributed by atoms with Gasteiger partial charge in [-0.1, -0.05) is 59.7 Å². The van der Waals surface area contributed by atoms with Crippen LogP contribution in [0.25, 0.3) is 0 Å². The Morgan fingerprint density at radius 2 is 1.64 bits per heavy atom. The molecule has 0 aliphatic heterocycles. The fourth-order valence-corrected chi connectivity index (χ4v) is 5.23. The van der Waals surface area contributed by atoms with E-state index in [9.17, 15) is 0 Å². The molecule has 1 aromatic rings. The van der Waals surface area contributed by atoms with Gasteiger partial charge in [-0.15, -0.1) is 0 Å². The number of aryl methyl sites for hydroxylation is 2. The van der Waals surface area contributed by atoms with Gasteiger partial charge in [0.15, 0.2) is 0 Å². The van der Waals surface area contributed by atoms with Crippen molar-refractivity contribution in [2.24, 2.45) is 16.2 Å². The van der Waals surface area contributed by atoms with Crippen molar-refractivity contribution >= 4 is 0 Å². The number of hydrogen-bond donors (Lipinski definition) is 0. The molecule has 0 aromatic heterocycles. The highest BCUT2D eigenvalue weighted by Crippen LogP contribution is 2.73. The molecule has 0 nitrogen and oxygen atoms in total. The van der Waals surface area contributed by atoms with E-state index in [1.807, 2.05) is 0 Å². The summed E-state index contributed by atoms with van der Waals surface area (Å²) in [6.45, 7) is 14.7. The first-order valence-electron chi connectivity index (χ1n) is 9.26. The van der Waals surface area contributed by atoms with Crippen molar-refractivity contribution in [3.8, 4) is 0 Å². The average molecular weight is 299 g/mol. The molecule has 0 amide bonds. The minimum Gasteiger partial charge on any atom is -0.0602 e. The van der Waals surface area contributed by atoms with Crippen molar-refractivity contribution in [3.05, 3.63) is 34.9 Å². The van der Waals surface area contributed by atoms with E-state index < -0.39 is 0 Å². The highest BCUT2D eigenvalue weighted by atomic mass is 14.7. The normalized spacial score (nSPS) is 28.1. The second-order valence-electron chi connectivity index (χ2n) is 9.91. The van der Waals surface area contributed by atoms with Gasteiger partial charge in [-0.05, 0) is 77.4 Å². The van der Waals surface area contributed by atoms with Gasteiger partial charge in [-0.3, -0.25) is 0 Å². The Hall–Kier alpha value is -0.780. The molecule has 0 radical (unpaired) electrons. The van der Waals surface area contributed by atoms with E-state index in [1.165, 1.54) is 38.5 Å². The Bertz CT molecular complexity index is 558. The fourth-order valence-electron chi connectivity index (χ4n) is 5.23. The summed E-state index contributed by atoms with van der Waals surface area (Å²) in [6.07, 6.45) is 8.07. The van der Waals surface area contributed by atoms with Gasteiger partial charge in [-0.2, -0.15) is 0 Å². The first-order chi connectivity index (χ1) is 10.1. The molecular weight excluding hydrogens is 264 g/mol. The Labute approximate surface area is 137 Å². The lowest BCUT2D eigenvalue weighted by atomic mass is 9.70. The summed E-state index contributed by atoms with van der Waals surface area (Å²) in [7, 11) is 0. The molecule has 2 aliphatic carbocycles. The molecule has 0 spiro atoms. The van der Waals surface area contributed by atoms with E-state index in [0.717, 1.165) is 0 Å². The summed E-state index contributed by atoms with van der Waals surface area (Å²) >= 11 is 0. The molecule has 0 saturated heterocycles. The van der Waals surface area contributed by atoms with Crippen LogP contribution in [-0.4, -0.2) is 0 Å².